The Morgan fingerprint density at radius 2 is 1.18 bits per heavy atom. The molecule has 4 amide bonds. The molecule has 61 heavy (non-hydrogen) atoms. The fourth-order valence-corrected chi connectivity index (χ4v) is 9.30. The number of carbonyl (C=O) groups is 4. The van der Waals surface area contributed by atoms with E-state index in [0.29, 0.717) is 23.1 Å². The van der Waals surface area contributed by atoms with Gasteiger partial charge in [0.1, 0.15) is 34.6 Å². The molecule has 2 saturated heterocycles. The lowest BCUT2D eigenvalue weighted by molar-refractivity contribution is -0.138. The lowest BCUT2D eigenvalue weighted by atomic mass is 9.99. The van der Waals surface area contributed by atoms with E-state index >= 15 is 0 Å². The number of amides is 4. The van der Waals surface area contributed by atoms with Crippen LogP contribution in [-0.2, 0) is 19.1 Å². The molecule has 0 spiro atoms. The second-order valence-corrected chi connectivity index (χ2v) is 17.9. The van der Waals surface area contributed by atoms with E-state index in [1.165, 1.54) is 14.2 Å². The van der Waals surface area contributed by atoms with Gasteiger partial charge < -0.3 is 39.9 Å². The van der Waals surface area contributed by atoms with Crippen LogP contribution in [0.3, 0.4) is 0 Å². The molecule has 2 aromatic heterocycles. The number of benzene rings is 3. The number of nitrogens with zero attached hydrogens (tertiary/aromatic N) is 4. The molecule has 0 aliphatic carbocycles. The van der Waals surface area contributed by atoms with Crippen molar-refractivity contribution < 1.29 is 28.7 Å². The number of carbonyl (C=O) groups excluding carboxylic acids is 4. The van der Waals surface area contributed by atoms with Gasteiger partial charge in [0.15, 0.2) is 0 Å². The Labute approximate surface area is 361 Å². The van der Waals surface area contributed by atoms with Gasteiger partial charge in [-0.2, -0.15) is 0 Å². The molecule has 5 aromatic rings. The Hall–Kier alpha value is -5.63. The summed E-state index contributed by atoms with van der Waals surface area (Å²) < 4.78 is 9.64. The average Bonchev–Trinajstić information content (AvgIpc) is 4.00. The van der Waals surface area contributed by atoms with E-state index in [0.717, 1.165) is 50.7 Å². The average molecular weight is 853 g/mol. The van der Waals surface area contributed by atoms with Crippen LogP contribution in [0, 0.1) is 23.7 Å². The Kier molecular flexibility index (Phi) is 12.4. The molecule has 0 unspecified atom stereocenters. The number of hydrogen-bond donors (Lipinski definition) is 4. The first-order valence-corrected chi connectivity index (χ1v) is 21.5. The molecular formula is C46H57ClN8O6. The van der Waals surface area contributed by atoms with Gasteiger partial charge in [0.25, 0.3) is 0 Å². The molecule has 0 saturated carbocycles. The molecular weight excluding hydrogens is 796 g/mol. The lowest BCUT2D eigenvalue weighted by Gasteiger charge is -2.33. The Morgan fingerprint density at radius 1 is 0.689 bits per heavy atom. The van der Waals surface area contributed by atoms with Crippen molar-refractivity contribution in [2.45, 2.75) is 104 Å². The monoisotopic (exact) mass is 852 g/mol. The van der Waals surface area contributed by atoms with Crippen LogP contribution in [0.4, 0.5) is 9.59 Å². The van der Waals surface area contributed by atoms with Crippen LogP contribution in [-0.4, -0.2) is 92.1 Å². The third-order valence-corrected chi connectivity index (χ3v) is 13.2. The normalized spacial score (nSPS) is 22.6. The highest BCUT2D eigenvalue weighted by Crippen LogP contribution is 2.43. The SMILES string of the molecule is COC(=O)N[C@H](C(=O)N1[C@H](C)[C@H](C)C[C@H]1c1nc(-c2ccc(-c3ccc4c(ccc5[nH]c([C@@H]6C[C@@H](C)[C@@H](C)N6C(=O)[C@@H](NC(=O)OC)C(C)C)nc54)c3)cc2)c(Cl)[nH]1)C(C)C. The maximum atomic E-state index is 14.1. The molecule has 0 radical (unpaired) electrons. The number of rotatable bonds is 10. The highest BCUT2D eigenvalue weighted by Gasteiger charge is 2.46. The van der Waals surface area contributed by atoms with E-state index in [9.17, 15) is 19.2 Å². The third kappa shape index (κ3) is 8.26. The maximum Gasteiger partial charge on any atom is 0.407 e. The number of imidazole rings is 2. The van der Waals surface area contributed by atoms with Crippen molar-refractivity contribution in [3.63, 3.8) is 0 Å². The van der Waals surface area contributed by atoms with Crippen LogP contribution >= 0.6 is 11.6 Å². The molecule has 2 fully saturated rings. The van der Waals surface area contributed by atoms with Gasteiger partial charge in [-0.3, -0.25) is 9.59 Å². The number of nitrogens with one attached hydrogen (secondary N) is 4. The highest BCUT2D eigenvalue weighted by atomic mass is 35.5. The van der Waals surface area contributed by atoms with Gasteiger partial charge >= 0.3 is 12.2 Å². The van der Waals surface area contributed by atoms with Gasteiger partial charge in [-0.05, 0) is 79.0 Å². The summed E-state index contributed by atoms with van der Waals surface area (Å²) in [5, 5.41) is 7.87. The second-order valence-electron chi connectivity index (χ2n) is 17.5. The van der Waals surface area contributed by atoms with E-state index < -0.39 is 24.3 Å². The first-order chi connectivity index (χ1) is 29.0. The molecule has 4 heterocycles. The molecule has 4 N–H and O–H groups in total. The zero-order valence-corrected chi connectivity index (χ0v) is 37.3. The summed E-state index contributed by atoms with van der Waals surface area (Å²) in [6, 6.07) is 16.2. The van der Waals surface area contributed by atoms with Crippen molar-refractivity contribution in [2.24, 2.45) is 23.7 Å². The zero-order valence-electron chi connectivity index (χ0n) is 36.5. The van der Waals surface area contributed by atoms with E-state index in [2.05, 4.69) is 65.6 Å². The predicted molar refractivity (Wildman–Crippen MR) is 236 cm³/mol. The Bertz CT molecular complexity index is 2450. The number of fused-ring (bicyclic) bond motifs is 3. The van der Waals surface area contributed by atoms with Crippen molar-refractivity contribution in [1.82, 2.24) is 40.4 Å². The van der Waals surface area contributed by atoms with Crippen molar-refractivity contribution in [3.8, 4) is 22.4 Å². The quantitative estimate of drug-likeness (QED) is 0.108. The summed E-state index contributed by atoms with van der Waals surface area (Å²) >= 11 is 6.82. The van der Waals surface area contributed by atoms with Crippen LogP contribution in [0.15, 0.2) is 54.6 Å². The van der Waals surface area contributed by atoms with Crippen molar-refractivity contribution in [2.75, 3.05) is 14.2 Å². The lowest BCUT2D eigenvalue weighted by Crippen LogP contribution is -2.53. The molecule has 324 valence electrons. The fourth-order valence-electron chi connectivity index (χ4n) is 9.05. The minimum Gasteiger partial charge on any atom is -0.453 e. The van der Waals surface area contributed by atoms with Crippen LogP contribution < -0.4 is 10.6 Å². The zero-order chi connectivity index (χ0) is 44.0. The van der Waals surface area contributed by atoms with E-state index in [1.807, 2.05) is 74.8 Å². The standard InChI is InChI=1S/C46H57ClN8O6/c1-22(2)36(51-45(58)60-9)43(56)54-26(7)24(5)19-34(54)41-48-33-18-16-31-21-30(15-17-32(31)39(33)50-41)28-11-13-29(14-12-28)38-40(47)53-42(49-38)35-20-25(6)27(8)55(35)44(57)37(23(3)4)52-46(59)61-10/h11-18,21-27,34-37H,19-20H2,1-10H3,(H,48,50)(H,49,53)(H,51,58)(H,52,59)/t24-,25-,26-,27-,34+,35+,36+,37+/m1/s1. The van der Waals surface area contributed by atoms with Crippen molar-refractivity contribution in [3.05, 3.63) is 71.4 Å². The summed E-state index contributed by atoms with van der Waals surface area (Å²) in [6.45, 7) is 15.9. The van der Waals surface area contributed by atoms with Gasteiger partial charge in [-0.15, -0.1) is 0 Å². The topological polar surface area (TPSA) is 175 Å². The minimum absolute atomic E-state index is 0.0509. The number of H-pyrrole nitrogens is 2. The van der Waals surface area contributed by atoms with Crippen LogP contribution in [0.1, 0.15) is 92.0 Å². The van der Waals surface area contributed by atoms with E-state index in [4.69, 9.17) is 31.0 Å². The smallest absolute Gasteiger partial charge is 0.407 e. The molecule has 2 aliphatic rings. The summed E-state index contributed by atoms with van der Waals surface area (Å²) in [6.07, 6.45) is 0.149. The summed E-state index contributed by atoms with van der Waals surface area (Å²) in [5.41, 5.74) is 5.18. The molecule has 2 aliphatic heterocycles. The van der Waals surface area contributed by atoms with Gasteiger partial charge in [0, 0.05) is 23.0 Å². The predicted octanol–water partition coefficient (Wildman–Crippen LogP) is 8.78. The Morgan fingerprint density at radius 3 is 1.69 bits per heavy atom. The van der Waals surface area contributed by atoms with E-state index in [1.54, 1.807) is 0 Å². The number of halogens is 1. The van der Waals surface area contributed by atoms with Crippen LogP contribution in [0.2, 0.25) is 5.15 Å². The second kappa shape index (κ2) is 17.4. The van der Waals surface area contributed by atoms with Gasteiger partial charge in [-0.1, -0.05) is 95.6 Å². The molecule has 14 nitrogen and oxygen atoms in total. The number of alkyl carbamates (subject to hydrolysis) is 2. The van der Waals surface area contributed by atoms with Gasteiger partial charge in [0.05, 0.1) is 37.3 Å². The molecule has 7 rings (SSSR count). The maximum absolute atomic E-state index is 14.1. The number of aromatic nitrogens is 4. The first kappa shape index (κ1) is 43.5. The molecule has 15 heteroatoms. The summed E-state index contributed by atoms with van der Waals surface area (Å²) in [7, 11) is 2.58. The Balaban J connectivity index is 1.12. The summed E-state index contributed by atoms with van der Waals surface area (Å²) in [4.78, 5) is 72.9. The number of ether oxygens (including phenoxy) is 2. The van der Waals surface area contributed by atoms with E-state index in [-0.39, 0.29) is 59.7 Å². The van der Waals surface area contributed by atoms with Crippen molar-refractivity contribution in [1.29, 1.82) is 0 Å². The fraction of sp³-hybridized carbons (Fsp3) is 0.478. The number of aromatic amines is 2. The summed E-state index contributed by atoms with van der Waals surface area (Å²) in [5.74, 6) is 1.11. The largest absolute Gasteiger partial charge is 0.453 e. The third-order valence-electron chi connectivity index (χ3n) is 13.0. The van der Waals surface area contributed by atoms with Crippen molar-refractivity contribution >= 4 is 57.4 Å². The number of hydrogen-bond acceptors (Lipinski definition) is 8. The van der Waals surface area contributed by atoms with Gasteiger partial charge in [-0.25, -0.2) is 19.6 Å². The van der Waals surface area contributed by atoms with Gasteiger partial charge in [0.2, 0.25) is 11.8 Å². The van der Waals surface area contributed by atoms with Crippen LogP contribution in [0.25, 0.3) is 44.2 Å². The first-order valence-electron chi connectivity index (χ1n) is 21.1. The molecule has 0 bridgehead atoms. The van der Waals surface area contributed by atoms with Crippen LogP contribution in [0.5, 0.6) is 0 Å². The highest BCUT2D eigenvalue weighted by molar-refractivity contribution is 6.32. The minimum atomic E-state index is -0.757. The molecule has 3 aromatic carbocycles. The number of likely N-dealkylation sites (tertiary alicyclic amines) is 2. The molecule has 8 atom stereocenters. The number of methoxy groups -OCH3 is 2.